The van der Waals surface area contributed by atoms with Gasteiger partial charge in [0.05, 0.1) is 0 Å². The molecule has 0 aliphatic heterocycles. The molecule has 4 nitrogen and oxygen atoms in total. The molecule has 0 spiro atoms. The lowest BCUT2D eigenvalue weighted by molar-refractivity contribution is -0.123. The lowest BCUT2D eigenvalue weighted by atomic mass is 10.0. The van der Waals surface area contributed by atoms with Crippen molar-refractivity contribution in [3.63, 3.8) is 0 Å². The van der Waals surface area contributed by atoms with E-state index in [2.05, 4.69) is 10.5 Å². The van der Waals surface area contributed by atoms with Crippen molar-refractivity contribution in [1.82, 2.24) is 5.43 Å². The third-order valence-electron chi connectivity index (χ3n) is 3.66. The van der Waals surface area contributed by atoms with Gasteiger partial charge in [-0.25, -0.2) is 5.43 Å². The molecule has 4 heteroatoms. The van der Waals surface area contributed by atoms with Gasteiger partial charge < -0.3 is 4.74 Å². The van der Waals surface area contributed by atoms with Crippen LogP contribution in [0.15, 0.2) is 53.6 Å². The predicted octanol–water partition coefficient (Wildman–Crippen LogP) is 3.59. The van der Waals surface area contributed by atoms with Crippen molar-refractivity contribution >= 4 is 12.1 Å². The summed E-state index contributed by atoms with van der Waals surface area (Å²) >= 11 is 0. The summed E-state index contributed by atoms with van der Waals surface area (Å²) in [4.78, 5) is 11.7. The maximum atomic E-state index is 11.7. The lowest BCUT2D eigenvalue weighted by Crippen LogP contribution is -2.24. The van der Waals surface area contributed by atoms with Crippen LogP contribution in [-0.4, -0.2) is 18.7 Å². The Kier molecular flexibility index (Phi) is 5.92. The van der Waals surface area contributed by atoms with Crippen molar-refractivity contribution in [3.8, 4) is 5.75 Å². The van der Waals surface area contributed by atoms with E-state index >= 15 is 0 Å². The summed E-state index contributed by atoms with van der Waals surface area (Å²) in [7, 11) is 0. The third kappa shape index (κ3) is 5.25. The number of carbonyl (C=O) groups is 1. The van der Waals surface area contributed by atoms with E-state index in [9.17, 15) is 4.79 Å². The predicted molar refractivity (Wildman–Crippen MR) is 92.9 cm³/mol. The Morgan fingerprint density at radius 3 is 2.61 bits per heavy atom. The summed E-state index contributed by atoms with van der Waals surface area (Å²) in [6, 6.07) is 15.7. The van der Waals surface area contributed by atoms with Crippen molar-refractivity contribution in [2.75, 3.05) is 6.61 Å². The molecule has 2 rings (SSSR count). The van der Waals surface area contributed by atoms with Crippen molar-refractivity contribution in [3.05, 3.63) is 65.2 Å². The van der Waals surface area contributed by atoms with Gasteiger partial charge >= 0.3 is 0 Å². The van der Waals surface area contributed by atoms with Gasteiger partial charge in [-0.2, -0.15) is 5.10 Å². The average Bonchev–Trinajstić information content (AvgIpc) is 2.56. The second kappa shape index (κ2) is 8.13. The van der Waals surface area contributed by atoms with Gasteiger partial charge in [0.25, 0.3) is 5.91 Å². The second-order valence-electron chi connectivity index (χ2n) is 5.55. The van der Waals surface area contributed by atoms with Crippen LogP contribution < -0.4 is 10.2 Å². The Morgan fingerprint density at radius 1 is 1.17 bits per heavy atom. The second-order valence-corrected chi connectivity index (χ2v) is 5.55. The highest BCUT2D eigenvalue weighted by Crippen LogP contribution is 2.16. The minimum atomic E-state index is -0.278. The number of nitrogens with one attached hydrogen (secondary N) is 1. The monoisotopic (exact) mass is 310 g/mol. The number of nitrogens with zero attached hydrogens (tertiary/aromatic N) is 1. The van der Waals surface area contributed by atoms with Gasteiger partial charge in [-0.15, -0.1) is 0 Å². The molecular weight excluding hydrogens is 288 g/mol. The zero-order chi connectivity index (χ0) is 16.7. The summed E-state index contributed by atoms with van der Waals surface area (Å²) in [5.41, 5.74) is 5.97. The Bertz CT molecular complexity index is 681. The van der Waals surface area contributed by atoms with Crippen LogP contribution in [0.1, 0.15) is 29.5 Å². The number of hydrazone groups is 1. The Balaban J connectivity index is 1.78. The summed E-state index contributed by atoms with van der Waals surface area (Å²) in [5, 5.41) is 3.99. The maximum Gasteiger partial charge on any atom is 0.277 e. The topological polar surface area (TPSA) is 50.7 Å². The lowest BCUT2D eigenvalue weighted by Gasteiger charge is -2.08. The zero-order valence-electron chi connectivity index (χ0n) is 13.7. The van der Waals surface area contributed by atoms with Gasteiger partial charge in [-0.3, -0.25) is 4.79 Å². The highest BCUT2D eigenvalue weighted by Gasteiger charge is 2.04. The van der Waals surface area contributed by atoms with Crippen LogP contribution >= 0.6 is 0 Å². The summed E-state index contributed by atoms with van der Waals surface area (Å²) in [5.74, 6) is 0.543. The van der Waals surface area contributed by atoms with Gasteiger partial charge in [0.2, 0.25) is 0 Å². The molecule has 0 fully saturated rings. The van der Waals surface area contributed by atoms with Crippen molar-refractivity contribution in [2.24, 2.45) is 5.10 Å². The van der Waals surface area contributed by atoms with E-state index in [0.29, 0.717) is 5.75 Å². The molecule has 1 atom stereocenters. The van der Waals surface area contributed by atoms with Crippen molar-refractivity contribution in [1.29, 1.82) is 0 Å². The fourth-order valence-electron chi connectivity index (χ4n) is 2.05. The van der Waals surface area contributed by atoms with E-state index in [1.807, 2.05) is 69.3 Å². The molecule has 0 saturated heterocycles. The SMILES string of the molecule is Cc1ccc(OCC(=O)N/N=C\[C@H](C)c2ccccc2)cc1C. The van der Waals surface area contributed by atoms with Crippen LogP contribution in [0.5, 0.6) is 5.75 Å². The summed E-state index contributed by atoms with van der Waals surface area (Å²) < 4.78 is 5.46. The Hall–Kier alpha value is -2.62. The first-order valence-electron chi connectivity index (χ1n) is 7.63. The first-order chi connectivity index (χ1) is 11.1. The fraction of sp³-hybridized carbons (Fsp3) is 0.263. The number of benzene rings is 2. The highest BCUT2D eigenvalue weighted by atomic mass is 16.5. The first kappa shape index (κ1) is 16.7. The molecule has 0 unspecified atom stereocenters. The van der Waals surface area contributed by atoms with E-state index in [-0.39, 0.29) is 18.4 Å². The highest BCUT2D eigenvalue weighted by molar-refractivity contribution is 5.79. The van der Waals surface area contributed by atoms with E-state index in [0.717, 1.165) is 11.1 Å². The molecule has 0 aliphatic carbocycles. The average molecular weight is 310 g/mol. The molecule has 0 bridgehead atoms. The van der Waals surface area contributed by atoms with Gasteiger partial charge in [-0.05, 0) is 42.7 Å². The van der Waals surface area contributed by atoms with Gasteiger partial charge in [0.1, 0.15) is 5.75 Å². The van der Waals surface area contributed by atoms with E-state index in [1.54, 1.807) is 6.21 Å². The normalized spacial score (nSPS) is 12.1. The quantitative estimate of drug-likeness (QED) is 0.655. The first-order valence-corrected chi connectivity index (χ1v) is 7.63. The van der Waals surface area contributed by atoms with Crippen LogP contribution in [0.2, 0.25) is 0 Å². The molecule has 2 aromatic rings. The molecule has 120 valence electrons. The number of ether oxygens (including phenoxy) is 1. The number of rotatable bonds is 6. The minimum Gasteiger partial charge on any atom is -0.484 e. The smallest absolute Gasteiger partial charge is 0.277 e. The third-order valence-corrected chi connectivity index (χ3v) is 3.66. The molecule has 1 N–H and O–H groups in total. The molecular formula is C19H22N2O2. The van der Waals surface area contributed by atoms with E-state index in [4.69, 9.17) is 4.74 Å². The number of hydrogen-bond donors (Lipinski definition) is 1. The van der Waals surface area contributed by atoms with Crippen LogP contribution in [0.25, 0.3) is 0 Å². The molecule has 0 aliphatic rings. The van der Waals surface area contributed by atoms with Crippen LogP contribution in [0.4, 0.5) is 0 Å². The van der Waals surface area contributed by atoms with E-state index in [1.165, 1.54) is 5.56 Å². The zero-order valence-corrected chi connectivity index (χ0v) is 13.7. The van der Waals surface area contributed by atoms with Crippen molar-refractivity contribution in [2.45, 2.75) is 26.7 Å². The number of hydrogen-bond acceptors (Lipinski definition) is 3. The number of aryl methyl sites for hydroxylation is 2. The fourth-order valence-corrected chi connectivity index (χ4v) is 2.05. The van der Waals surface area contributed by atoms with Gasteiger partial charge in [0.15, 0.2) is 6.61 Å². The maximum absolute atomic E-state index is 11.7. The molecule has 0 heterocycles. The number of amides is 1. The summed E-state index contributed by atoms with van der Waals surface area (Å²) in [6.45, 7) is 6.02. The van der Waals surface area contributed by atoms with E-state index < -0.39 is 0 Å². The molecule has 23 heavy (non-hydrogen) atoms. The Morgan fingerprint density at radius 2 is 1.91 bits per heavy atom. The van der Waals surface area contributed by atoms with Crippen molar-refractivity contribution < 1.29 is 9.53 Å². The van der Waals surface area contributed by atoms with Crippen LogP contribution in [0, 0.1) is 13.8 Å². The molecule has 0 radical (unpaired) electrons. The van der Waals surface area contributed by atoms with Crippen LogP contribution in [0.3, 0.4) is 0 Å². The van der Waals surface area contributed by atoms with Gasteiger partial charge in [-0.1, -0.05) is 43.3 Å². The minimum absolute atomic E-state index is 0.0560. The van der Waals surface area contributed by atoms with Crippen LogP contribution in [-0.2, 0) is 4.79 Å². The molecule has 2 aromatic carbocycles. The molecule has 0 saturated carbocycles. The number of carbonyl (C=O) groups excluding carboxylic acids is 1. The Labute approximate surface area is 137 Å². The largest absolute Gasteiger partial charge is 0.484 e. The summed E-state index contributed by atoms with van der Waals surface area (Å²) in [6.07, 6.45) is 1.71. The standard InChI is InChI=1S/C19H22N2O2/c1-14-9-10-18(11-15(14)2)23-13-19(22)21-20-12-16(3)17-7-5-4-6-8-17/h4-12,16H,13H2,1-3H3,(H,21,22)/b20-12-/t16-/m0/s1. The van der Waals surface area contributed by atoms with Gasteiger partial charge in [0, 0.05) is 12.1 Å². The molecule has 0 aromatic heterocycles. The molecule has 1 amide bonds.